The summed E-state index contributed by atoms with van der Waals surface area (Å²) in [6, 6.07) is 14.8. The quantitative estimate of drug-likeness (QED) is 0.738. The van der Waals surface area contributed by atoms with E-state index in [0.717, 1.165) is 11.1 Å². The Morgan fingerprint density at radius 3 is 2.55 bits per heavy atom. The number of nitrogens with zero attached hydrogens (tertiary/aromatic N) is 2. The van der Waals surface area contributed by atoms with Crippen LogP contribution in [0.3, 0.4) is 0 Å². The molecule has 0 spiro atoms. The molecule has 0 saturated heterocycles. The zero-order chi connectivity index (χ0) is 13.9. The summed E-state index contributed by atoms with van der Waals surface area (Å²) in [7, 11) is 1.61. The summed E-state index contributed by atoms with van der Waals surface area (Å²) < 4.78 is 10.6. The van der Waals surface area contributed by atoms with Crippen LogP contribution in [0.25, 0.3) is 22.8 Å². The van der Waals surface area contributed by atoms with Gasteiger partial charge in [0.15, 0.2) is 0 Å². The molecule has 0 saturated carbocycles. The molecule has 0 atom stereocenters. The predicted octanol–water partition coefficient (Wildman–Crippen LogP) is 2.99. The molecular weight excluding hydrogens is 254 g/mol. The standard InChI is InChI=1S/C15H13N3O2/c1-19-13-5-3-2-4-12(13)14-17-15(20-18-14)10-6-8-11(16)9-7-10/h2-9H,16H2,1H3. The van der Waals surface area contributed by atoms with Gasteiger partial charge in [-0.3, -0.25) is 0 Å². The van der Waals surface area contributed by atoms with Gasteiger partial charge in [0.05, 0.1) is 12.7 Å². The van der Waals surface area contributed by atoms with E-state index in [-0.39, 0.29) is 0 Å². The van der Waals surface area contributed by atoms with E-state index in [0.29, 0.717) is 23.2 Å². The maximum atomic E-state index is 5.66. The van der Waals surface area contributed by atoms with Gasteiger partial charge in [0.1, 0.15) is 5.75 Å². The summed E-state index contributed by atoms with van der Waals surface area (Å²) in [4.78, 5) is 4.39. The molecule has 3 aromatic rings. The number of hydrogen-bond donors (Lipinski definition) is 1. The first-order chi connectivity index (χ1) is 9.78. The molecule has 1 heterocycles. The van der Waals surface area contributed by atoms with Crippen LogP contribution in [-0.4, -0.2) is 17.3 Å². The van der Waals surface area contributed by atoms with Crippen molar-refractivity contribution in [1.29, 1.82) is 0 Å². The summed E-state index contributed by atoms with van der Waals surface area (Å²) in [5.74, 6) is 1.65. The molecule has 3 rings (SSSR count). The van der Waals surface area contributed by atoms with E-state index in [1.54, 1.807) is 19.2 Å². The molecule has 20 heavy (non-hydrogen) atoms. The fourth-order valence-electron chi connectivity index (χ4n) is 1.91. The number of ether oxygens (including phenoxy) is 1. The molecule has 0 unspecified atom stereocenters. The second kappa shape index (κ2) is 5.05. The van der Waals surface area contributed by atoms with Crippen molar-refractivity contribution in [2.75, 3.05) is 12.8 Å². The molecule has 0 radical (unpaired) electrons. The minimum atomic E-state index is 0.450. The van der Waals surface area contributed by atoms with Gasteiger partial charge in [-0.25, -0.2) is 0 Å². The van der Waals surface area contributed by atoms with Crippen LogP contribution in [0.4, 0.5) is 5.69 Å². The lowest BCUT2D eigenvalue weighted by molar-refractivity contribution is 0.413. The van der Waals surface area contributed by atoms with Gasteiger partial charge in [0.2, 0.25) is 5.82 Å². The molecule has 1 aromatic heterocycles. The van der Waals surface area contributed by atoms with E-state index in [2.05, 4.69) is 10.1 Å². The molecule has 0 bridgehead atoms. The second-order valence-corrected chi connectivity index (χ2v) is 4.25. The lowest BCUT2D eigenvalue weighted by Crippen LogP contribution is -1.88. The van der Waals surface area contributed by atoms with Gasteiger partial charge < -0.3 is 15.0 Å². The van der Waals surface area contributed by atoms with E-state index in [9.17, 15) is 0 Å². The molecule has 100 valence electrons. The Balaban J connectivity index is 2.00. The van der Waals surface area contributed by atoms with Gasteiger partial charge >= 0.3 is 0 Å². The van der Waals surface area contributed by atoms with E-state index >= 15 is 0 Å². The van der Waals surface area contributed by atoms with Crippen LogP contribution in [0.5, 0.6) is 5.75 Å². The zero-order valence-corrected chi connectivity index (χ0v) is 10.9. The van der Waals surface area contributed by atoms with Crippen molar-refractivity contribution in [3.8, 4) is 28.6 Å². The maximum absolute atomic E-state index is 5.66. The van der Waals surface area contributed by atoms with Gasteiger partial charge in [-0.1, -0.05) is 17.3 Å². The molecule has 5 nitrogen and oxygen atoms in total. The predicted molar refractivity (Wildman–Crippen MR) is 76.1 cm³/mol. The molecule has 2 aromatic carbocycles. The molecule has 0 amide bonds. The number of anilines is 1. The van der Waals surface area contributed by atoms with Crippen molar-refractivity contribution in [2.45, 2.75) is 0 Å². The number of para-hydroxylation sites is 1. The Kier molecular flexibility index (Phi) is 3.09. The minimum absolute atomic E-state index is 0.450. The van der Waals surface area contributed by atoms with Crippen LogP contribution in [0, 0.1) is 0 Å². The molecular formula is C15H13N3O2. The third kappa shape index (κ3) is 2.21. The van der Waals surface area contributed by atoms with Crippen molar-refractivity contribution in [3.63, 3.8) is 0 Å². The number of rotatable bonds is 3. The number of aromatic nitrogens is 2. The van der Waals surface area contributed by atoms with Gasteiger partial charge in [-0.05, 0) is 36.4 Å². The largest absolute Gasteiger partial charge is 0.496 e. The monoisotopic (exact) mass is 267 g/mol. The summed E-state index contributed by atoms with van der Waals surface area (Å²) in [6.07, 6.45) is 0. The topological polar surface area (TPSA) is 74.2 Å². The number of nitrogens with two attached hydrogens (primary N) is 1. The van der Waals surface area contributed by atoms with Crippen LogP contribution in [0.15, 0.2) is 53.1 Å². The molecule has 0 fully saturated rings. The zero-order valence-electron chi connectivity index (χ0n) is 10.9. The van der Waals surface area contributed by atoms with Crippen LogP contribution in [-0.2, 0) is 0 Å². The fraction of sp³-hybridized carbons (Fsp3) is 0.0667. The Morgan fingerprint density at radius 2 is 1.80 bits per heavy atom. The highest BCUT2D eigenvalue weighted by Gasteiger charge is 2.13. The average Bonchev–Trinajstić information content (AvgIpc) is 2.97. The van der Waals surface area contributed by atoms with Crippen molar-refractivity contribution < 1.29 is 9.26 Å². The highest BCUT2D eigenvalue weighted by Crippen LogP contribution is 2.29. The normalized spacial score (nSPS) is 10.4. The van der Waals surface area contributed by atoms with Gasteiger partial charge in [0.25, 0.3) is 5.89 Å². The third-order valence-corrected chi connectivity index (χ3v) is 2.93. The van der Waals surface area contributed by atoms with E-state index in [1.165, 1.54) is 0 Å². The first kappa shape index (κ1) is 12.2. The molecule has 5 heteroatoms. The number of benzene rings is 2. The smallest absolute Gasteiger partial charge is 0.258 e. The van der Waals surface area contributed by atoms with Crippen molar-refractivity contribution in [1.82, 2.24) is 10.1 Å². The Bertz CT molecular complexity index is 720. The van der Waals surface area contributed by atoms with Crippen LogP contribution < -0.4 is 10.5 Å². The lowest BCUT2D eigenvalue weighted by atomic mass is 10.2. The maximum Gasteiger partial charge on any atom is 0.258 e. The number of methoxy groups -OCH3 is 1. The van der Waals surface area contributed by atoms with Crippen LogP contribution in [0.1, 0.15) is 0 Å². The van der Waals surface area contributed by atoms with E-state index in [4.69, 9.17) is 15.0 Å². The highest BCUT2D eigenvalue weighted by molar-refractivity contribution is 5.66. The summed E-state index contributed by atoms with van der Waals surface area (Å²) in [5.41, 5.74) is 7.97. The fourth-order valence-corrected chi connectivity index (χ4v) is 1.91. The molecule has 0 aliphatic heterocycles. The second-order valence-electron chi connectivity index (χ2n) is 4.25. The van der Waals surface area contributed by atoms with Crippen LogP contribution in [0.2, 0.25) is 0 Å². The summed E-state index contributed by atoms with van der Waals surface area (Å²) >= 11 is 0. The van der Waals surface area contributed by atoms with Crippen molar-refractivity contribution in [2.24, 2.45) is 0 Å². The van der Waals surface area contributed by atoms with Gasteiger partial charge in [0, 0.05) is 11.3 Å². The SMILES string of the molecule is COc1ccccc1-c1noc(-c2ccc(N)cc2)n1. The summed E-state index contributed by atoms with van der Waals surface area (Å²) in [5, 5.41) is 4.00. The molecule has 0 aliphatic rings. The van der Waals surface area contributed by atoms with E-state index < -0.39 is 0 Å². The first-order valence-electron chi connectivity index (χ1n) is 6.11. The Labute approximate surface area is 116 Å². The van der Waals surface area contributed by atoms with Crippen molar-refractivity contribution in [3.05, 3.63) is 48.5 Å². The third-order valence-electron chi connectivity index (χ3n) is 2.93. The van der Waals surface area contributed by atoms with Crippen LogP contribution >= 0.6 is 0 Å². The minimum Gasteiger partial charge on any atom is -0.496 e. The van der Waals surface area contributed by atoms with E-state index in [1.807, 2.05) is 36.4 Å². The van der Waals surface area contributed by atoms with Gasteiger partial charge in [-0.2, -0.15) is 4.98 Å². The Hall–Kier alpha value is -2.82. The lowest BCUT2D eigenvalue weighted by Gasteiger charge is -2.03. The highest BCUT2D eigenvalue weighted by atomic mass is 16.5. The Morgan fingerprint density at radius 1 is 1.05 bits per heavy atom. The number of nitrogen functional groups attached to an aromatic ring is 1. The molecule has 0 aliphatic carbocycles. The van der Waals surface area contributed by atoms with Crippen molar-refractivity contribution >= 4 is 5.69 Å². The summed E-state index contributed by atoms with van der Waals surface area (Å²) in [6.45, 7) is 0. The number of hydrogen-bond acceptors (Lipinski definition) is 5. The average molecular weight is 267 g/mol. The molecule has 2 N–H and O–H groups in total. The van der Waals surface area contributed by atoms with Gasteiger partial charge in [-0.15, -0.1) is 0 Å². The first-order valence-corrected chi connectivity index (χ1v) is 6.11.